The van der Waals surface area contributed by atoms with Gasteiger partial charge in [0.25, 0.3) is 5.91 Å². The van der Waals surface area contributed by atoms with Crippen LogP contribution in [-0.2, 0) is 17.8 Å². The largest absolute Gasteiger partial charge is 0.383 e. The highest BCUT2D eigenvalue weighted by atomic mass is 16.3. The van der Waals surface area contributed by atoms with Gasteiger partial charge in [0.2, 0.25) is 0 Å². The number of fused-ring (bicyclic) bond motifs is 1. The topological polar surface area (TPSA) is 71.2 Å². The third kappa shape index (κ3) is 3.51. The third-order valence-corrected chi connectivity index (χ3v) is 5.63. The molecule has 26 heavy (non-hydrogen) atoms. The van der Waals surface area contributed by atoms with E-state index in [0.29, 0.717) is 26.1 Å². The molecule has 1 N–H and O–H groups in total. The fraction of sp³-hybridized carbons (Fsp3) is 0.550. The number of amides is 1. The van der Waals surface area contributed by atoms with Gasteiger partial charge in [0.1, 0.15) is 11.9 Å². The predicted octanol–water partition coefficient (Wildman–Crippen LogP) is 2.27. The first-order chi connectivity index (χ1) is 12.7. The summed E-state index contributed by atoms with van der Waals surface area (Å²) in [5.41, 5.74) is 1.01. The molecule has 1 saturated carbocycles. The summed E-state index contributed by atoms with van der Waals surface area (Å²) >= 11 is 0. The molecule has 2 heterocycles. The van der Waals surface area contributed by atoms with Crippen LogP contribution in [-0.4, -0.2) is 49.9 Å². The molecule has 2 aromatic rings. The highest BCUT2D eigenvalue weighted by molar-refractivity contribution is 5.81. The van der Waals surface area contributed by atoms with Crippen LogP contribution in [0.4, 0.5) is 0 Å². The summed E-state index contributed by atoms with van der Waals surface area (Å²) in [7, 11) is 0. The molecule has 0 radical (unpaired) electrons. The summed E-state index contributed by atoms with van der Waals surface area (Å²) in [6.07, 6.45) is 5.20. The van der Waals surface area contributed by atoms with Crippen molar-refractivity contribution in [1.82, 2.24) is 19.7 Å². The SMILES string of the molecule is O=C([C@H](O)C1CCCCC1)N1CCc2nc(-c3ccccc3)nn2CC1. The molecule has 1 atom stereocenters. The van der Waals surface area contributed by atoms with E-state index in [0.717, 1.165) is 42.9 Å². The first-order valence-electron chi connectivity index (χ1n) is 9.68. The Morgan fingerprint density at radius 2 is 1.85 bits per heavy atom. The molecule has 0 bridgehead atoms. The Kier molecular flexibility index (Phi) is 5.02. The van der Waals surface area contributed by atoms with Crippen LogP contribution in [0.5, 0.6) is 0 Å². The molecule has 0 spiro atoms. The molecule has 0 saturated heterocycles. The molecule has 1 fully saturated rings. The number of hydrogen-bond acceptors (Lipinski definition) is 4. The van der Waals surface area contributed by atoms with Crippen molar-refractivity contribution in [2.75, 3.05) is 13.1 Å². The molecule has 138 valence electrons. The van der Waals surface area contributed by atoms with Gasteiger partial charge in [0.05, 0.1) is 6.54 Å². The molecule has 6 heteroatoms. The molecule has 1 aliphatic heterocycles. The van der Waals surface area contributed by atoms with Gasteiger partial charge in [0, 0.05) is 25.1 Å². The Labute approximate surface area is 153 Å². The highest BCUT2D eigenvalue weighted by Gasteiger charge is 2.32. The van der Waals surface area contributed by atoms with E-state index in [4.69, 9.17) is 0 Å². The van der Waals surface area contributed by atoms with Crippen molar-refractivity contribution in [3.05, 3.63) is 36.2 Å². The van der Waals surface area contributed by atoms with Crippen molar-refractivity contribution < 1.29 is 9.90 Å². The monoisotopic (exact) mass is 354 g/mol. The Balaban J connectivity index is 1.42. The van der Waals surface area contributed by atoms with Crippen LogP contribution in [0.3, 0.4) is 0 Å². The van der Waals surface area contributed by atoms with Gasteiger partial charge in [-0.2, -0.15) is 5.10 Å². The maximum atomic E-state index is 12.7. The van der Waals surface area contributed by atoms with E-state index in [2.05, 4.69) is 10.1 Å². The van der Waals surface area contributed by atoms with E-state index in [1.54, 1.807) is 4.90 Å². The van der Waals surface area contributed by atoms with Crippen molar-refractivity contribution in [1.29, 1.82) is 0 Å². The van der Waals surface area contributed by atoms with Gasteiger partial charge in [-0.3, -0.25) is 4.79 Å². The molecule has 2 aliphatic rings. The van der Waals surface area contributed by atoms with Crippen molar-refractivity contribution >= 4 is 5.91 Å². The van der Waals surface area contributed by atoms with Crippen LogP contribution in [0.25, 0.3) is 11.4 Å². The Morgan fingerprint density at radius 1 is 1.08 bits per heavy atom. The van der Waals surface area contributed by atoms with E-state index in [1.165, 1.54) is 6.42 Å². The molecule has 0 unspecified atom stereocenters. The summed E-state index contributed by atoms with van der Waals surface area (Å²) < 4.78 is 1.91. The van der Waals surface area contributed by atoms with Crippen LogP contribution in [0.15, 0.2) is 30.3 Å². The number of nitrogens with zero attached hydrogens (tertiary/aromatic N) is 4. The Morgan fingerprint density at radius 3 is 2.62 bits per heavy atom. The lowest BCUT2D eigenvalue weighted by Crippen LogP contribution is -2.44. The van der Waals surface area contributed by atoms with Crippen LogP contribution >= 0.6 is 0 Å². The number of aromatic nitrogens is 3. The third-order valence-electron chi connectivity index (χ3n) is 5.63. The number of hydrogen-bond donors (Lipinski definition) is 1. The van der Waals surface area contributed by atoms with E-state index in [1.807, 2.05) is 35.0 Å². The van der Waals surface area contributed by atoms with Gasteiger partial charge < -0.3 is 10.0 Å². The van der Waals surface area contributed by atoms with Crippen LogP contribution in [0.1, 0.15) is 37.9 Å². The number of benzene rings is 1. The van der Waals surface area contributed by atoms with Crippen LogP contribution in [0, 0.1) is 5.92 Å². The molecule has 1 aromatic heterocycles. The van der Waals surface area contributed by atoms with E-state index in [-0.39, 0.29) is 11.8 Å². The van der Waals surface area contributed by atoms with Crippen molar-refractivity contribution in [2.45, 2.75) is 51.2 Å². The summed E-state index contributed by atoms with van der Waals surface area (Å²) in [4.78, 5) is 19.2. The van der Waals surface area contributed by atoms with Gasteiger partial charge in [-0.05, 0) is 18.8 Å². The highest BCUT2D eigenvalue weighted by Crippen LogP contribution is 2.27. The normalized spacial score (nSPS) is 19.7. The zero-order valence-electron chi connectivity index (χ0n) is 15.0. The number of carbonyl (C=O) groups is 1. The van der Waals surface area contributed by atoms with Gasteiger partial charge in [-0.15, -0.1) is 0 Å². The predicted molar refractivity (Wildman–Crippen MR) is 98.3 cm³/mol. The average Bonchev–Trinajstić information content (AvgIpc) is 3.01. The van der Waals surface area contributed by atoms with Gasteiger partial charge in [-0.1, -0.05) is 49.6 Å². The van der Waals surface area contributed by atoms with Crippen LogP contribution in [0.2, 0.25) is 0 Å². The Bertz CT molecular complexity index is 727. The lowest BCUT2D eigenvalue weighted by molar-refractivity contribution is -0.143. The molecular weight excluding hydrogens is 328 g/mol. The number of carbonyl (C=O) groups excluding carboxylic acids is 1. The van der Waals surface area contributed by atoms with Crippen LogP contribution < -0.4 is 0 Å². The first kappa shape index (κ1) is 17.2. The minimum atomic E-state index is -0.853. The van der Waals surface area contributed by atoms with E-state index >= 15 is 0 Å². The van der Waals surface area contributed by atoms with Gasteiger partial charge in [0.15, 0.2) is 5.82 Å². The lowest BCUT2D eigenvalue weighted by Gasteiger charge is -2.30. The summed E-state index contributed by atoms with van der Waals surface area (Å²) in [6, 6.07) is 9.95. The second-order valence-corrected chi connectivity index (χ2v) is 7.36. The number of aliphatic hydroxyl groups is 1. The lowest BCUT2D eigenvalue weighted by atomic mass is 9.85. The fourth-order valence-electron chi connectivity index (χ4n) is 4.07. The summed E-state index contributed by atoms with van der Waals surface area (Å²) in [6.45, 7) is 1.79. The minimum Gasteiger partial charge on any atom is -0.383 e. The number of aliphatic hydroxyl groups excluding tert-OH is 1. The zero-order valence-corrected chi connectivity index (χ0v) is 15.0. The first-order valence-corrected chi connectivity index (χ1v) is 9.68. The second-order valence-electron chi connectivity index (χ2n) is 7.36. The van der Waals surface area contributed by atoms with E-state index in [9.17, 15) is 9.90 Å². The van der Waals surface area contributed by atoms with Crippen molar-refractivity contribution in [2.24, 2.45) is 5.92 Å². The average molecular weight is 354 g/mol. The fourth-order valence-corrected chi connectivity index (χ4v) is 4.07. The molecule has 1 aliphatic carbocycles. The molecule has 1 aromatic carbocycles. The zero-order chi connectivity index (χ0) is 17.9. The maximum absolute atomic E-state index is 12.7. The van der Waals surface area contributed by atoms with Crippen molar-refractivity contribution in [3.63, 3.8) is 0 Å². The summed E-state index contributed by atoms with van der Waals surface area (Å²) in [5, 5.41) is 15.1. The molecular formula is C20H26N4O2. The maximum Gasteiger partial charge on any atom is 0.251 e. The van der Waals surface area contributed by atoms with Gasteiger partial charge >= 0.3 is 0 Å². The van der Waals surface area contributed by atoms with Gasteiger partial charge in [-0.25, -0.2) is 9.67 Å². The smallest absolute Gasteiger partial charge is 0.251 e. The molecule has 1 amide bonds. The second kappa shape index (κ2) is 7.58. The number of rotatable bonds is 3. The molecule has 6 nitrogen and oxygen atoms in total. The Hall–Kier alpha value is -2.21. The van der Waals surface area contributed by atoms with Crippen molar-refractivity contribution in [3.8, 4) is 11.4 Å². The molecule has 4 rings (SSSR count). The minimum absolute atomic E-state index is 0.120. The summed E-state index contributed by atoms with van der Waals surface area (Å²) in [5.74, 6) is 1.65. The standard InChI is InChI=1S/C20H26N4O2/c25-18(15-7-3-1-4-8-15)20(26)23-12-11-17-21-19(22-24(17)14-13-23)16-9-5-2-6-10-16/h2,5-6,9-10,15,18,25H,1,3-4,7-8,11-14H2/t18-/m1/s1. The quantitative estimate of drug-likeness (QED) is 0.918. The van der Waals surface area contributed by atoms with E-state index < -0.39 is 6.10 Å².